The van der Waals surface area contributed by atoms with Gasteiger partial charge < -0.3 is 4.84 Å². The summed E-state index contributed by atoms with van der Waals surface area (Å²) in [6.07, 6.45) is 0. The summed E-state index contributed by atoms with van der Waals surface area (Å²) in [5.74, 6) is -0.723. The van der Waals surface area contributed by atoms with Crippen LogP contribution in [0.3, 0.4) is 0 Å². The monoisotopic (exact) mass is 279 g/mol. The molecule has 0 aliphatic carbocycles. The Labute approximate surface area is 118 Å². The Bertz CT molecular complexity index is 917. The molecule has 0 atom stereocenters. The molecule has 3 aromatic carbocycles. The molecule has 0 fully saturated rings. The highest BCUT2D eigenvalue weighted by molar-refractivity contribution is 5.89. The highest BCUT2D eigenvalue weighted by Gasteiger charge is 2.12. The fraction of sp³-hybridized carbons (Fsp3) is 0. The van der Waals surface area contributed by atoms with Gasteiger partial charge in [-0.1, -0.05) is 47.6 Å². The van der Waals surface area contributed by atoms with Gasteiger partial charge in [0.2, 0.25) is 10.9 Å². The van der Waals surface area contributed by atoms with Crippen LogP contribution in [-0.4, -0.2) is 5.97 Å². The smallest absolute Gasteiger partial charge is 0.312 e. The van der Waals surface area contributed by atoms with E-state index in [9.17, 15) is 14.4 Å². The zero-order valence-electron chi connectivity index (χ0n) is 10.8. The van der Waals surface area contributed by atoms with Gasteiger partial charge in [0.15, 0.2) is 5.36 Å². The van der Waals surface area contributed by atoms with Crippen LogP contribution in [-0.2, 0) is 4.84 Å². The maximum Gasteiger partial charge on any atom is 0.365 e. The molecule has 0 unspecified atom stereocenters. The molecular formula is C16H9NO4. The molecule has 0 bridgehead atoms. The minimum atomic E-state index is -0.723. The Kier molecular flexibility index (Phi) is 3.16. The molecule has 5 heteroatoms. The lowest BCUT2D eigenvalue weighted by atomic mass is 10.2. The number of rotatable bonds is 2. The normalized spacial score (nSPS) is 10.5. The van der Waals surface area contributed by atoms with Crippen LogP contribution >= 0.6 is 0 Å². The van der Waals surface area contributed by atoms with E-state index in [1.165, 1.54) is 12.1 Å². The molecule has 0 saturated heterocycles. The number of hydrogen-bond acceptors (Lipinski definition) is 5. The highest BCUT2D eigenvalue weighted by atomic mass is 16.7. The predicted molar refractivity (Wildman–Crippen MR) is 76.3 cm³/mol. The molecule has 0 N–H and O–H groups in total. The molecule has 0 saturated carbocycles. The Hall–Kier alpha value is -3.08. The van der Waals surface area contributed by atoms with E-state index in [4.69, 9.17) is 4.84 Å². The summed E-state index contributed by atoms with van der Waals surface area (Å²) < 4.78 is 0. The Balaban J connectivity index is 2.04. The molecule has 0 amide bonds. The molecule has 3 aromatic rings. The largest absolute Gasteiger partial charge is 0.365 e. The fourth-order valence-electron chi connectivity index (χ4n) is 2.03. The quantitative estimate of drug-likeness (QED) is 0.520. The van der Waals surface area contributed by atoms with Crippen LogP contribution in [0.1, 0.15) is 10.4 Å². The summed E-state index contributed by atoms with van der Waals surface area (Å²) >= 11 is 0. The first-order valence-corrected chi connectivity index (χ1v) is 6.21. The molecule has 0 aliphatic heterocycles. The number of carbonyl (C=O) groups excluding carboxylic acids is 1. The standard InChI is InChI=1S/C16H9NO4/c18-14-11-8-4-5-9-12(11)15(19)13(14)17-21-16(20)10-6-2-1-3-7-10/h1-9H. The average Bonchev–Trinajstić information content (AvgIpc) is 2.78. The first-order valence-electron chi connectivity index (χ1n) is 6.21. The van der Waals surface area contributed by atoms with Crippen molar-refractivity contribution in [2.75, 3.05) is 0 Å². The second-order valence-corrected chi connectivity index (χ2v) is 4.39. The second-order valence-electron chi connectivity index (χ2n) is 4.39. The van der Waals surface area contributed by atoms with Crippen LogP contribution in [0.25, 0.3) is 10.8 Å². The number of hydrogen-bond donors (Lipinski definition) is 0. The second kappa shape index (κ2) is 5.13. The van der Waals surface area contributed by atoms with Crippen molar-refractivity contribution in [1.29, 1.82) is 0 Å². The summed E-state index contributed by atoms with van der Waals surface area (Å²) in [7, 11) is 0. The van der Waals surface area contributed by atoms with Crippen LogP contribution in [0.15, 0.2) is 69.3 Å². The molecule has 0 heterocycles. The van der Waals surface area contributed by atoms with Gasteiger partial charge >= 0.3 is 5.97 Å². The molecule has 3 rings (SSSR count). The molecule has 0 spiro atoms. The lowest BCUT2D eigenvalue weighted by molar-refractivity contribution is 0.0497. The molecule has 5 nitrogen and oxygen atoms in total. The minimum absolute atomic E-state index is 0.275. The molecule has 0 radical (unpaired) electrons. The maximum absolute atomic E-state index is 12.0. The van der Waals surface area contributed by atoms with Gasteiger partial charge in [-0.05, 0) is 12.1 Å². The van der Waals surface area contributed by atoms with Gasteiger partial charge in [-0.2, -0.15) is 0 Å². The SMILES string of the molecule is O=C(ON=c1c(=O)c2ccccc2c1=O)c1ccccc1. The van der Waals surface area contributed by atoms with E-state index in [1.807, 2.05) is 0 Å². The molecule has 0 aromatic heterocycles. The van der Waals surface area contributed by atoms with Crippen molar-refractivity contribution in [3.05, 3.63) is 86.0 Å². The zero-order valence-corrected chi connectivity index (χ0v) is 10.8. The summed E-state index contributed by atoms with van der Waals surface area (Å²) in [6.45, 7) is 0. The van der Waals surface area contributed by atoms with E-state index in [0.717, 1.165) is 0 Å². The molecule has 102 valence electrons. The fourth-order valence-corrected chi connectivity index (χ4v) is 2.03. The number of carbonyl (C=O) groups is 1. The van der Waals surface area contributed by atoms with Gasteiger partial charge in [-0.3, -0.25) is 9.59 Å². The van der Waals surface area contributed by atoms with Crippen molar-refractivity contribution in [2.45, 2.75) is 0 Å². The Morgan fingerprint density at radius 2 is 1.33 bits per heavy atom. The van der Waals surface area contributed by atoms with E-state index in [2.05, 4.69) is 5.16 Å². The van der Waals surface area contributed by atoms with Crippen molar-refractivity contribution in [3.8, 4) is 0 Å². The summed E-state index contributed by atoms with van der Waals surface area (Å²) in [5, 5.41) is 3.62. The topological polar surface area (TPSA) is 72.8 Å². The zero-order chi connectivity index (χ0) is 14.8. The lowest BCUT2D eigenvalue weighted by Crippen LogP contribution is -2.32. The van der Waals surface area contributed by atoms with Crippen LogP contribution < -0.4 is 16.2 Å². The first-order chi connectivity index (χ1) is 10.2. The third-order valence-corrected chi connectivity index (χ3v) is 3.08. The summed E-state index contributed by atoms with van der Waals surface area (Å²) in [4.78, 5) is 40.5. The number of nitrogens with zero attached hydrogens (tertiary/aromatic N) is 1. The minimum Gasteiger partial charge on any atom is -0.312 e. The molecule has 21 heavy (non-hydrogen) atoms. The Morgan fingerprint density at radius 1 is 0.810 bits per heavy atom. The van der Waals surface area contributed by atoms with Crippen molar-refractivity contribution in [1.82, 2.24) is 0 Å². The first kappa shape index (κ1) is 12.9. The molecule has 0 aliphatic rings. The van der Waals surface area contributed by atoms with Crippen molar-refractivity contribution in [2.24, 2.45) is 5.16 Å². The van der Waals surface area contributed by atoms with Crippen LogP contribution in [0, 0.1) is 0 Å². The number of fused-ring (bicyclic) bond motifs is 1. The van der Waals surface area contributed by atoms with Crippen molar-refractivity contribution < 1.29 is 9.63 Å². The maximum atomic E-state index is 12.0. The van der Waals surface area contributed by atoms with Crippen LogP contribution in [0.2, 0.25) is 0 Å². The lowest BCUT2D eigenvalue weighted by Gasteiger charge is -1.95. The van der Waals surface area contributed by atoms with Crippen LogP contribution in [0.4, 0.5) is 0 Å². The third kappa shape index (κ3) is 2.25. The van der Waals surface area contributed by atoms with E-state index < -0.39 is 16.8 Å². The van der Waals surface area contributed by atoms with Crippen LogP contribution in [0.5, 0.6) is 0 Å². The van der Waals surface area contributed by atoms with Gasteiger partial charge in [0.1, 0.15) is 0 Å². The van der Waals surface area contributed by atoms with Gasteiger partial charge in [-0.15, -0.1) is 0 Å². The number of benzene rings is 2. The predicted octanol–water partition coefficient (Wildman–Crippen LogP) is 1.11. The highest BCUT2D eigenvalue weighted by Crippen LogP contribution is 2.03. The van der Waals surface area contributed by atoms with E-state index in [0.29, 0.717) is 0 Å². The van der Waals surface area contributed by atoms with Gasteiger partial charge in [0, 0.05) is 10.8 Å². The molecular weight excluding hydrogens is 270 g/mol. The third-order valence-electron chi connectivity index (χ3n) is 3.08. The van der Waals surface area contributed by atoms with Crippen molar-refractivity contribution >= 4 is 16.7 Å². The van der Waals surface area contributed by atoms with E-state index in [1.54, 1.807) is 42.5 Å². The van der Waals surface area contributed by atoms with Crippen molar-refractivity contribution in [3.63, 3.8) is 0 Å². The Morgan fingerprint density at radius 3 is 1.90 bits per heavy atom. The summed E-state index contributed by atoms with van der Waals surface area (Å²) in [5.41, 5.74) is -0.773. The van der Waals surface area contributed by atoms with E-state index in [-0.39, 0.29) is 21.7 Å². The van der Waals surface area contributed by atoms with E-state index >= 15 is 0 Å². The van der Waals surface area contributed by atoms with Gasteiger partial charge in [0.25, 0.3) is 0 Å². The van der Waals surface area contributed by atoms with Gasteiger partial charge in [0.05, 0.1) is 5.56 Å². The summed E-state index contributed by atoms with van der Waals surface area (Å²) in [6, 6.07) is 14.6. The van der Waals surface area contributed by atoms with Gasteiger partial charge in [-0.25, -0.2) is 4.79 Å². The average molecular weight is 279 g/mol.